The molecular weight excluding hydrogens is 472 g/mol. The Kier molecular flexibility index (Phi) is 7.42. The highest BCUT2D eigenvalue weighted by Crippen LogP contribution is 2.27. The average Bonchev–Trinajstić information content (AvgIpc) is 2.78. The first kappa shape index (κ1) is 22.8. The molecule has 0 atom stereocenters. The molecule has 0 heterocycles. The van der Waals surface area contributed by atoms with Crippen molar-refractivity contribution in [3.8, 4) is 11.8 Å². The van der Waals surface area contributed by atoms with Crippen molar-refractivity contribution in [1.29, 1.82) is 5.26 Å². The molecule has 32 heavy (non-hydrogen) atoms. The lowest BCUT2D eigenvalue weighted by molar-refractivity contribution is -0.112. The number of carboxylic acids is 1. The Morgan fingerprint density at radius 1 is 1.09 bits per heavy atom. The van der Waals surface area contributed by atoms with Gasteiger partial charge >= 0.3 is 5.97 Å². The molecule has 160 valence electrons. The van der Waals surface area contributed by atoms with Gasteiger partial charge in [-0.3, -0.25) is 4.79 Å². The molecule has 7 heteroatoms. The number of carbonyl (C=O) groups excluding carboxylic acids is 1. The van der Waals surface area contributed by atoms with Gasteiger partial charge in [-0.05, 0) is 61.0 Å². The predicted octanol–water partition coefficient (Wildman–Crippen LogP) is 5.58. The summed E-state index contributed by atoms with van der Waals surface area (Å²) in [5.74, 6) is -1.04. The first-order chi connectivity index (χ1) is 15.4. The summed E-state index contributed by atoms with van der Waals surface area (Å²) < 4.78 is 6.64. The number of aromatic carboxylic acids is 1. The molecular formula is C25H19BrN2O4. The maximum Gasteiger partial charge on any atom is 0.335 e. The van der Waals surface area contributed by atoms with Crippen LogP contribution in [-0.2, 0) is 11.4 Å². The normalized spacial score (nSPS) is 10.8. The second-order valence-electron chi connectivity index (χ2n) is 6.96. The Labute approximate surface area is 193 Å². The quantitative estimate of drug-likeness (QED) is 0.332. The maximum absolute atomic E-state index is 12.6. The Morgan fingerprint density at radius 2 is 1.78 bits per heavy atom. The van der Waals surface area contributed by atoms with Crippen LogP contribution in [0.1, 0.15) is 27.0 Å². The number of nitriles is 1. The molecule has 0 fully saturated rings. The van der Waals surface area contributed by atoms with Crippen molar-refractivity contribution >= 4 is 39.6 Å². The zero-order valence-electron chi connectivity index (χ0n) is 17.1. The molecule has 0 aliphatic carbocycles. The maximum atomic E-state index is 12.6. The van der Waals surface area contributed by atoms with Crippen molar-refractivity contribution in [2.24, 2.45) is 0 Å². The fourth-order valence-electron chi connectivity index (χ4n) is 2.81. The van der Waals surface area contributed by atoms with Crippen molar-refractivity contribution in [3.63, 3.8) is 0 Å². The second kappa shape index (κ2) is 10.4. The van der Waals surface area contributed by atoms with Crippen molar-refractivity contribution < 1.29 is 19.4 Å². The van der Waals surface area contributed by atoms with Gasteiger partial charge in [-0.1, -0.05) is 45.8 Å². The topological polar surface area (TPSA) is 99.4 Å². The molecule has 6 nitrogen and oxygen atoms in total. The molecule has 0 saturated heterocycles. The Bertz CT molecular complexity index is 1210. The predicted molar refractivity (Wildman–Crippen MR) is 125 cm³/mol. The van der Waals surface area contributed by atoms with Gasteiger partial charge < -0.3 is 15.2 Å². The summed E-state index contributed by atoms with van der Waals surface area (Å²) in [5, 5.41) is 21.3. The van der Waals surface area contributed by atoms with E-state index in [1.54, 1.807) is 42.5 Å². The number of ether oxygens (including phenoxy) is 1. The second-order valence-corrected chi connectivity index (χ2v) is 7.88. The molecule has 0 unspecified atom stereocenters. The minimum absolute atomic E-state index is 0.0701. The number of anilines is 1. The largest absolute Gasteiger partial charge is 0.488 e. The lowest BCUT2D eigenvalue weighted by Gasteiger charge is -2.11. The SMILES string of the molecule is Cc1ccc(NC(=O)/C(C#N)=C/c2cc(Br)ccc2OCc2ccc(C(=O)O)cc2)cc1. The number of carboxylic acid groups (broad SMARTS) is 1. The van der Waals surface area contributed by atoms with Gasteiger partial charge in [0, 0.05) is 15.7 Å². The Balaban J connectivity index is 1.79. The van der Waals surface area contributed by atoms with Crippen molar-refractivity contribution in [2.45, 2.75) is 13.5 Å². The van der Waals surface area contributed by atoms with Crippen LogP contribution in [-0.4, -0.2) is 17.0 Å². The van der Waals surface area contributed by atoms with Crippen molar-refractivity contribution in [2.75, 3.05) is 5.32 Å². The van der Waals surface area contributed by atoms with Crippen molar-refractivity contribution in [3.05, 3.63) is 99.0 Å². The smallest absolute Gasteiger partial charge is 0.335 e. The van der Waals surface area contributed by atoms with E-state index in [0.717, 1.165) is 15.6 Å². The van der Waals surface area contributed by atoms with Crippen LogP contribution < -0.4 is 10.1 Å². The molecule has 2 N–H and O–H groups in total. The van der Waals surface area contributed by atoms with E-state index < -0.39 is 11.9 Å². The van der Waals surface area contributed by atoms with Gasteiger partial charge in [0.15, 0.2) is 0 Å². The lowest BCUT2D eigenvalue weighted by atomic mass is 10.1. The van der Waals surface area contributed by atoms with Crippen LogP contribution in [0, 0.1) is 18.3 Å². The molecule has 3 rings (SSSR count). The van der Waals surface area contributed by atoms with E-state index in [1.807, 2.05) is 25.1 Å². The van der Waals surface area contributed by atoms with Crippen LogP contribution in [0.5, 0.6) is 5.75 Å². The number of benzene rings is 3. The standard InChI is InChI=1S/C25H19BrN2O4/c1-16-2-9-22(10-3-16)28-24(29)20(14-27)12-19-13-21(26)8-11-23(19)32-15-17-4-6-18(7-5-17)25(30)31/h2-13H,15H2,1H3,(H,28,29)(H,30,31)/b20-12+. The fourth-order valence-corrected chi connectivity index (χ4v) is 3.19. The molecule has 3 aromatic rings. The van der Waals surface area contributed by atoms with Gasteiger partial charge in [0.2, 0.25) is 0 Å². The van der Waals surface area contributed by atoms with E-state index in [-0.39, 0.29) is 17.7 Å². The minimum Gasteiger partial charge on any atom is -0.488 e. The van der Waals surface area contributed by atoms with E-state index in [0.29, 0.717) is 17.0 Å². The summed E-state index contributed by atoms with van der Waals surface area (Å²) in [5.41, 5.74) is 3.12. The third-order valence-electron chi connectivity index (χ3n) is 4.54. The lowest BCUT2D eigenvalue weighted by Crippen LogP contribution is -2.13. The minimum atomic E-state index is -0.995. The summed E-state index contributed by atoms with van der Waals surface area (Å²) in [6.07, 6.45) is 1.47. The van der Waals surface area contributed by atoms with Gasteiger partial charge in [0.1, 0.15) is 24.0 Å². The van der Waals surface area contributed by atoms with Crippen LogP contribution in [0.15, 0.2) is 76.8 Å². The third-order valence-corrected chi connectivity index (χ3v) is 5.03. The van der Waals surface area contributed by atoms with E-state index in [9.17, 15) is 14.9 Å². The summed E-state index contributed by atoms with van der Waals surface area (Å²) in [7, 11) is 0. The van der Waals surface area contributed by atoms with Crippen LogP contribution in [0.3, 0.4) is 0 Å². The number of nitrogens with zero attached hydrogens (tertiary/aromatic N) is 1. The highest BCUT2D eigenvalue weighted by atomic mass is 79.9. The van der Waals surface area contributed by atoms with Crippen LogP contribution in [0.4, 0.5) is 5.69 Å². The first-order valence-corrected chi connectivity index (χ1v) is 10.4. The molecule has 0 spiro atoms. The van der Waals surface area contributed by atoms with Gasteiger partial charge in [-0.25, -0.2) is 4.79 Å². The van der Waals surface area contributed by atoms with Crippen molar-refractivity contribution in [1.82, 2.24) is 0 Å². The van der Waals surface area contributed by atoms with E-state index in [4.69, 9.17) is 9.84 Å². The number of hydrogen-bond acceptors (Lipinski definition) is 4. The first-order valence-electron chi connectivity index (χ1n) is 9.60. The molecule has 0 aromatic heterocycles. The van der Waals surface area contributed by atoms with Gasteiger partial charge in [0.25, 0.3) is 5.91 Å². The molecule has 0 bridgehead atoms. The zero-order chi connectivity index (χ0) is 23.1. The van der Waals surface area contributed by atoms with Gasteiger partial charge in [0.05, 0.1) is 5.56 Å². The number of amides is 1. The zero-order valence-corrected chi connectivity index (χ0v) is 18.7. The summed E-state index contributed by atoms with van der Waals surface area (Å²) in [6, 6.07) is 20.9. The fraction of sp³-hybridized carbons (Fsp3) is 0.0800. The van der Waals surface area contributed by atoms with Gasteiger partial charge in [-0.2, -0.15) is 5.26 Å². The number of nitrogens with one attached hydrogen (secondary N) is 1. The molecule has 0 radical (unpaired) electrons. The highest BCUT2D eigenvalue weighted by molar-refractivity contribution is 9.10. The average molecular weight is 491 g/mol. The molecule has 0 saturated carbocycles. The number of aryl methyl sites for hydroxylation is 1. The van der Waals surface area contributed by atoms with Crippen LogP contribution in [0.2, 0.25) is 0 Å². The molecule has 1 amide bonds. The van der Waals surface area contributed by atoms with E-state index in [2.05, 4.69) is 21.2 Å². The van der Waals surface area contributed by atoms with E-state index >= 15 is 0 Å². The van der Waals surface area contributed by atoms with Crippen LogP contribution in [0.25, 0.3) is 6.08 Å². The number of hydrogen-bond donors (Lipinski definition) is 2. The van der Waals surface area contributed by atoms with Crippen LogP contribution >= 0.6 is 15.9 Å². The summed E-state index contributed by atoms with van der Waals surface area (Å²) in [6.45, 7) is 2.14. The third kappa shape index (κ3) is 6.06. The molecule has 3 aromatic carbocycles. The number of halogens is 1. The Morgan fingerprint density at radius 3 is 2.41 bits per heavy atom. The highest BCUT2D eigenvalue weighted by Gasteiger charge is 2.12. The monoisotopic (exact) mass is 490 g/mol. The Hall–Kier alpha value is -3.89. The van der Waals surface area contributed by atoms with E-state index in [1.165, 1.54) is 18.2 Å². The number of rotatable bonds is 7. The molecule has 0 aliphatic rings. The summed E-state index contributed by atoms with van der Waals surface area (Å²) >= 11 is 3.40. The summed E-state index contributed by atoms with van der Waals surface area (Å²) in [4.78, 5) is 23.6. The van der Waals surface area contributed by atoms with Gasteiger partial charge in [-0.15, -0.1) is 0 Å². The number of carbonyl (C=O) groups is 2. The molecule has 0 aliphatic heterocycles.